The van der Waals surface area contributed by atoms with E-state index in [1.54, 1.807) is 0 Å². The highest BCUT2D eigenvalue weighted by molar-refractivity contribution is 6.01. The Morgan fingerprint density at radius 1 is 0.408 bits per heavy atom. The molecule has 2 heterocycles. The molecule has 0 aliphatic heterocycles. The molecule has 49 heavy (non-hydrogen) atoms. The Morgan fingerprint density at radius 3 is 1.63 bits per heavy atom. The van der Waals surface area contributed by atoms with Gasteiger partial charge in [-0.3, -0.25) is 4.98 Å². The van der Waals surface area contributed by atoms with Crippen LogP contribution in [-0.2, 0) is 5.41 Å². The predicted octanol–water partition coefficient (Wildman–Crippen LogP) is 11.1. The highest BCUT2D eigenvalue weighted by Crippen LogP contribution is 2.54. The second kappa shape index (κ2) is 11.5. The Bertz CT molecular complexity index is 2380. The van der Waals surface area contributed by atoms with E-state index in [1.807, 2.05) is 30.6 Å². The van der Waals surface area contributed by atoms with Gasteiger partial charge in [0.25, 0.3) is 0 Å². The van der Waals surface area contributed by atoms with Gasteiger partial charge in [-0.05, 0) is 67.4 Å². The third-order valence-electron chi connectivity index (χ3n) is 9.84. The summed E-state index contributed by atoms with van der Waals surface area (Å²) in [5.41, 5.74) is 12.3. The zero-order valence-electron chi connectivity index (χ0n) is 27.3. The van der Waals surface area contributed by atoms with Crippen LogP contribution in [0.25, 0.3) is 78.3 Å². The van der Waals surface area contributed by atoms with Crippen LogP contribution in [0.15, 0.2) is 158 Å². The minimum atomic E-state index is -0.184. The summed E-state index contributed by atoms with van der Waals surface area (Å²) in [6, 6.07) is 51.1. The van der Waals surface area contributed by atoms with Crippen LogP contribution in [0, 0.1) is 0 Å². The molecule has 9 rings (SSSR count). The summed E-state index contributed by atoms with van der Waals surface area (Å²) in [6.45, 7) is 4.66. The van der Waals surface area contributed by atoms with Crippen LogP contribution in [0.4, 0.5) is 0 Å². The van der Waals surface area contributed by atoms with Crippen molar-refractivity contribution < 1.29 is 0 Å². The smallest absolute Gasteiger partial charge is 0.164 e. The molecule has 4 heteroatoms. The molecule has 2 aromatic heterocycles. The molecule has 0 N–H and O–H groups in total. The van der Waals surface area contributed by atoms with Gasteiger partial charge in [0.05, 0.1) is 0 Å². The highest BCUT2D eigenvalue weighted by atomic mass is 15.0. The topological polar surface area (TPSA) is 51.6 Å². The van der Waals surface area contributed by atoms with Crippen LogP contribution in [0.1, 0.15) is 25.0 Å². The largest absolute Gasteiger partial charge is 0.265 e. The first-order valence-electron chi connectivity index (χ1n) is 16.6. The first-order valence-corrected chi connectivity index (χ1v) is 16.6. The Morgan fingerprint density at radius 2 is 0.959 bits per heavy atom. The molecule has 8 aromatic rings. The maximum atomic E-state index is 5.20. The van der Waals surface area contributed by atoms with Gasteiger partial charge in [-0.15, -0.1) is 0 Å². The van der Waals surface area contributed by atoms with Gasteiger partial charge in [0.15, 0.2) is 17.5 Å². The maximum absolute atomic E-state index is 5.20. The van der Waals surface area contributed by atoms with Crippen molar-refractivity contribution in [2.45, 2.75) is 19.3 Å². The van der Waals surface area contributed by atoms with Gasteiger partial charge >= 0.3 is 0 Å². The van der Waals surface area contributed by atoms with Gasteiger partial charge in [-0.1, -0.05) is 147 Å². The van der Waals surface area contributed by atoms with Crippen molar-refractivity contribution >= 4 is 10.8 Å². The molecule has 1 aliphatic rings. The molecule has 0 spiro atoms. The van der Waals surface area contributed by atoms with Crippen LogP contribution in [-0.4, -0.2) is 19.9 Å². The molecule has 0 unspecified atom stereocenters. The van der Waals surface area contributed by atoms with E-state index in [1.165, 1.54) is 38.6 Å². The van der Waals surface area contributed by atoms with E-state index in [-0.39, 0.29) is 5.41 Å². The quantitative estimate of drug-likeness (QED) is 0.190. The normalized spacial score (nSPS) is 12.9. The fourth-order valence-electron chi connectivity index (χ4n) is 7.39. The molecule has 0 saturated heterocycles. The van der Waals surface area contributed by atoms with E-state index >= 15 is 0 Å². The number of hydrogen-bond acceptors (Lipinski definition) is 4. The minimum absolute atomic E-state index is 0.184. The van der Waals surface area contributed by atoms with Crippen molar-refractivity contribution in [3.8, 4) is 67.5 Å². The third-order valence-corrected chi connectivity index (χ3v) is 9.84. The Hall–Kier alpha value is -6.26. The molecule has 4 nitrogen and oxygen atoms in total. The van der Waals surface area contributed by atoms with E-state index < -0.39 is 0 Å². The van der Waals surface area contributed by atoms with Gasteiger partial charge in [-0.2, -0.15) is 0 Å². The fourth-order valence-corrected chi connectivity index (χ4v) is 7.39. The summed E-state index contributed by atoms with van der Waals surface area (Å²) >= 11 is 0. The summed E-state index contributed by atoms with van der Waals surface area (Å²) < 4.78 is 0. The zero-order chi connectivity index (χ0) is 33.0. The second-order valence-electron chi connectivity index (χ2n) is 13.1. The maximum Gasteiger partial charge on any atom is 0.164 e. The van der Waals surface area contributed by atoms with Crippen LogP contribution in [0.5, 0.6) is 0 Å². The van der Waals surface area contributed by atoms with Crippen molar-refractivity contribution in [3.63, 3.8) is 0 Å². The lowest BCUT2D eigenvalue weighted by Crippen LogP contribution is -2.15. The monoisotopic (exact) mass is 628 g/mol. The molecule has 0 saturated carbocycles. The minimum Gasteiger partial charge on any atom is -0.265 e. The SMILES string of the molecule is CC1(C)c2cccc(-c3nc(-c4ccc(-c5ccccc5)cc4)nc(-c4ccc(-c5ccncc5)cc4)n3)c2-c2ccc3ccccc3c21. The van der Waals surface area contributed by atoms with Crippen molar-refractivity contribution in [1.29, 1.82) is 0 Å². The number of fused-ring (bicyclic) bond motifs is 5. The number of nitrogens with zero attached hydrogens (tertiary/aromatic N) is 4. The Kier molecular flexibility index (Phi) is 6.77. The van der Waals surface area contributed by atoms with E-state index in [9.17, 15) is 0 Å². The van der Waals surface area contributed by atoms with Gasteiger partial charge in [0, 0.05) is 34.5 Å². The lowest BCUT2D eigenvalue weighted by molar-refractivity contribution is 0.666. The van der Waals surface area contributed by atoms with Crippen LogP contribution in [0.2, 0.25) is 0 Å². The molecular weight excluding hydrogens is 597 g/mol. The number of aromatic nitrogens is 4. The van der Waals surface area contributed by atoms with Gasteiger partial charge < -0.3 is 0 Å². The molecular formula is C45H32N4. The first kappa shape index (κ1) is 28.9. The van der Waals surface area contributed by atoms with E-state index in [2.05, 4.69) is 146 Å². The lowest BCUT2D eigenvalue weighted by Gasteiger charge is -2.23. The molecule has 6 aromatic carbocycles. The standard InChI is InChI=1S/C45H32N4/c1-45(2)39-14-8-13-38(40(39)37-24-23-33-11-6-7-12-36(33)41(37)45)44-48-42(34-19-15-30(16-20-34)29-9-4-3-5-10-29)47-43(49-44)35-21-17-31(18-22-35)32-25-27-46-28-26-32/h3-28H,1-2H3. The van der Waals surface area contributed by atoms with Gasteiger partial charge in [0.2, 0.25) is 0 Å². The summed E-state index contributed by atoms with van der Waals surface area (Å²) in [6.07, 6.45) is 3.63. The lowest BCUT2D eigenvalue weighted by atomic mass is 9.80. The molecule has 232 valence electrons. The Balaban J connectivity index is 1.22. The number of benzene rings is 6. The zero-order valence-corrected chi connectivity index (χ0v) is 27.3. The van der Waals surface area contributed by atoms with Crippen molar-refractivity contribution in [1.82, 2.24) is 19.9 Å². The second-order valence-corrected chi connectivity index (χ2v) is 13.1. The van der Waals surface area contributed by atoms with Crippen LogP contribution < -0.4 is 0 Å². The number of hydrogen-bond donors (Lipinski definition) is 0. The van der Waals surface area contributed by atoms with Gasteiger partial charge in [0.1, 0.15) is 0 Å². The van der Waals surface area contributed by atoms with Crippen LogP contribution in [0.3, 0.4) is 0 Å². The molecule has 1 aliphatic carbocycles. The number of pyridine rings is 1. The Labute approximate surface area is 285 Å². The van der Waals surface area contributed by atoms with E-state index in [0.717, 1.165) is 33.4 Å². The van der Waals surface area contributed by atoms with E-state index in [4.69, 9.17) is 15.0 Å². The summed E-state index contributed by atoms with van der Waals surface area (Å²) in [7, 11) is 0. The molecule has 0 bridgehead atoms. The summed E-state index contributed by atoms with van der Waals surface area (Å²) in [5.74, 6) is 1.95. The molecule has 0 amide bonds. The van der Waals surface area contributed by atoms with Crippen molar-refractivity contribution in [2.24, 2.45) is 0 Å². The van der Waals surface area contributed by atoms with Crippen molar-refractivity contribution in [2.75, 3.05) is 0 Å². The fraction of sp³-hybridized carbons (Fsp3) is 0.0667. The van der Waals surface area contributed by atoms with Crippen LogP contribution >= 0.6 is 0 Å². The van der Waals surface area contributed by atoms with E-state index in [0.29, 0.717) is 17.5 Å². The molecule has 0 atom stereocenters. The predicted molar refractivity (Wildman–Crippen MR) is 200 cm³/mol. The average Bonchev–Trinajstić information content (AvgIpc) is 3.42. The first-order chi connectivity index (χ1) is 24.0. The van der Waals surface area contributed by atoms with Gasteiger partial charge in [-0.25, -0.2) is 15.0 Å². The average molecular weight is 629 g/mol. The van der Waals surface area contributed by atoms with Crippen molar-refractivity contribution in [3.05, 3.63) is 169 Å². The molecule has 0 radical (unpaired) electrons. The summed E-state index contributed by atoms with van der Waals surface area (Å²) in [5, 5.41) is 2.54. The molecule has 0 fully saturated rings. The highest BCUT2D eigenvalue weighted by Gasteiger charge is 2.38. The number of rotatable bonds is 5. The summed E-state index contributed by atoms with van der Waals surface area (Å²) in [4.78, 5) is 19.6. The third kappa shape index (κ3) is 4.92.